The minimum absolute atomic E-state index is 0.236. The van der Waals surface area contributed by atoms with E-state index in [0.717, 1.165) is 31.8 Å². The van der Waals surface area contributed by atoms with E-state index in [1.54, 1.807) is 0 Å². The highest BCUT2D eigenvalue weighted by Crippen LogP contribution is 2.31. The molecule has 2 aliphatic heterocycles. The average molecular weight is 264 g/mol. The largest absolute Gasteiger partial charge is 0.341 e. The second-order valence-electron chi connectivity index (χ2n) is 7.00. The van der Waals surface area contributed by atoms with Crippen molar-refractivity contribution in [1.29, 1.82) is 0 Å². The maximum atomic E-state index is 12.6. The van der Waals surface area contributed by atoms with E-state index in [2.05, 4.69) is 17.1 Å². The number of hydrogen-bond donors (Lipinski definition) is 1. The van der Waals surface area contributed by atoms with Crippen LogP contribution < -0.4 is 5.32 Å². The van der Waals surface area contributed by atoms with Crippen LogP contribution in [0.3, 0.4) is 0 Å². The van der Waals surface area contributed by atoms with E-state index >= 15 is 0 Å². The Bertz CT molecular complexity index is 325. The summed E-state index contributed by atoms with van der Waals surface area (Å²) in [5.74, 6) is 1.47. The fraction of sp³-hybridized carbons (Fsp3) is 0.938. The van der Waals surface area contributed by atoms with Crippen molar-refractivity contribution in [3.05, 3.63) is 0 Å². The highest BCUT2D eigenvalue weighted by Gasteiger charge is 2.33. The SMILES string of the molecule is CC(CC1CCCC1)C(=O)N1CCC2CCC(C1)N2. The van der Waals surface area contributed by atoms with Gasteiger partial charge < -0.3 is 10.2 Å². The number of amides is 1. The van der Waals surface area contributed by atoms with Gasteiger partial charge in [-0.05, 0) is 31.6 Å². The van der Waals surface area contributed by atoms with Gasteiger partial charge in [0.2, 0.25) is 5.91 Å². The molecule has 1 N–H and O–H groups in total. The molecular weight excluding hydrogens is 236 g/mol. The van der Waals surface area contributed by atoms with Crippen molar-refractivity contribution < 1.29 is 4.79 Å². The molecule has 0 aromatic heterocycles. The second-order valence-corrected chi connectivity index (χ2v) is 7.00. The number of hydrogen-bond acceptors (Lipinski definition) is 2. The third kappa shape index (κ3) is 3.13. The molecule has 108 valence electrons. The first-order valence-corrected chi connectivity index (χ1v) is 8.27. The van der Waals surface area contributed by atoms with Gasteiger partial charge >= 0.3 is 0 Å². The van der Waals surface area contributed by atoms with Gasteiger partial charge in [-0.25, -0.2) is 0 Å². The van der Waals surface area contributed by atoms with Crippen molar-refractivity contribution in [3.63, 3.8) is 0 Å². The van der Waals surface area contributed by atoms with Gasteiger partial charge in [0, 0.05) is 31.1 Å². The first kappa shape index (κ1) is 13.4. The summed E-state index contributed by atoms with van der Waals surface area (Å²) in [4.78, 5) is 14.8. The number of carbonyl (C=O) groups excluding carboxylic acids is 1. The molecule has 2 bridgehead atoms. The van der Waals surface area contributed by atoms with Crippen LogP contribution in [0.15, 0.2) is 0 Å². The molecule has 3 aliphatic rings. The lowest BCUT2D eigenvalue weighted by Gasteiger charge is -2.28. The third-order valence-electron chi connectivity index (χ3n) is 5.42. The van der Waals surface area contributed by atoms with Crippen LogP contribution in [0.4, 0.5) is 0 Å². The van der Waals surface area contributed by atoms with Crippen LogP contribution in [0.2, 0.25) is 0 Å². The van der Waals surface area contributed by atoms with Crippen molar-refractivity contribution in [2.75, 3.05) is 13.1 Å². The molecule has 1 aliphatic carbocycles. The standard InChI is InChI=1S/C16H28N2O/c1-12(10-13-4-2-3-5-13)16(19)18-9-8-14-6-7-15(11-18)17-14/h12-15,17H,2-11H2,1H3. The normalized spacial score (nSPS) is 33.4. The van der Waals surface area contributed by atoms with E-state index in [4.69, 9.17) is 0 Å². The van der Waals surface area contributed by atoms with Gasteiger partial charge in [-0.2, -0.15) is 0 Å². The quantitative estimate of drug-likeness (QED) is 0.849. The molecule has 3 fully saturated rings. The Hall–Kier alpha value is -0.570. The number of nitrogens with zero attached hydrogens (tertiary/aromatic N) is 1. The first-order chi connectivity index (χ1) is 9.22. The number of rotatable bonds is 3. The molecule has 0 aromatic carbocycles. The average Bonchev–Trinajstić information content (AvgIpc) is 2.98. The first-order valence-electron chi connectivity index (χ1n) is 8.27. The lowest BCUT2D eigenvalue weighted by Crippen LogP contribution is -2.41. The van der Waals surface area contributed by atoms with Crippen molar-refractivity contribution in [3.8, 4) is 0 Å². The fourth-order valence-corrected chi connectivity index (χ4v) is 4.30. The molecule has 1 saturated carbocycles. The molecule has 3 heteroatoms. The summed E-state index contributed by atoms with van der Waals surface area (Å²) in [5.41, 5.74) is 0. The fourth-order valence-electron chi connectivity index (χ4n) is 4.30. The molecule has 19 heavy (non-hydrogen) atoms. The number of likely N-dealkylation sites (tertiary alicyclic amines) is 1. The molecule has 3 rings (SSSR count). The third-order valence-corrected chi connectivity index (χ3v) is 5.42. The Morgan fingerprint density at radius 3 is 2.68 bits per heavy atom. The van der Waals surface area contributed by atoms with Crippen molar-refractivity contribution >= 4 is 5.91 Å². The van der Waals surface area contributed by atoms with Gasteiger partial charge in [0.05, 0.1) is 0 Å². The molecule has 3 atom stereocenters. The van der Waals surface area contributed by atoms with E-state index in [1.807, 2.05) is 0 Å². The maximum Gasteiger partial charge on any atom is 0.225 e. The summed E-state index contributed by atoms with van der Waals surface area (Å²) in [5, 5.41) is 3.66. The van der Waals surface area contributed by atoms with Gasteiger partial charge in [0.1, 0.15) is 0 Å². The monoisotopic (exact) mass is 264 g/mol. The van der Waals surface area contributed by atoms with E-state index < -0.39 is 0 Å². The summed E-state index contributed by atoms with van der Waals surface area (Å²) in [6.45, 7) is 4.07. The number of nitrogens with one attached hydrogen (secondary N) is 1. The molecule has 2 heterocycles. The lowest BCUT2D eigenvalue weighted by atomic mass is 9.93. The van der Waals surface area contributed by atoms with E-state index in [0.29, 0.717) is 18.0 Å². The smallest absolute Gasteiger partial charge is 0.225 e. The summed E-state index contributed by atoms with van der Waals surface area (Å²) in [6.07, 6.45) is 10.3. The predicted octanol–water partition coefficient (Wildman–Crippen LogP) is 2.56. The van der Waals surface area contributed by atoms with Gasteiger partial charge in [-0.1, -0.05) is 32.6 Å². The van der Waals surface area contributed by atoms with Crippen LogP contribution in [0.25, 0.3) is 0 Å². The van der Waals surface area contributed by atoms with Crippen molar-refractivity contribution in [1.82, 2.24) is 10.2 Å². The summed E-state index contributed by atoms with van der Waals surface area (Å²) < 4.78 is 0. The lowest BCUT2D eigenvalue weighted by molar-refractivity contribution is -0.135. The molecule has 2 saturated heterocycles. The summed E-state index contributed by atoms with van der Waals surface area (Å²) in [7, 11) is 0. The Kier molecular flexibility index (Phi) is 4.11. The highest BCUT2D eigenvalue weighted by molar-refractivity contribution is 5.78. The van der Waals surface area contributed by atoms with Gasteiger partial charge in [0.15, 0.2) is 0 Å². The van der Waals surface area contributed by atoms with Crippen molar-refractivity contribution in [2.45, 2.75) is 70.4 Å². The minimum Gasteiger partial charge on any atom is -0.341 e. The van der Waals surface area contributed by atoms with Gasteiger partial charge in [0.25, 0.3) is 0 Å². The van der Waals surface area contributed by atoms with Crippen molar-refractivity contribution in [2.24, 2.45) is 11.8 Å². The maximum absolute atomic E-state index is 12.6. The number of carbonyl (C=O) groups is 1. The molecule has 0 spiro atoms. The Labute approximate surface area is 117 Å². The molecule has 0 aromatic rings. The Morgan fingerprint density at radius 2 is 1.89 bits per heavy atom. The topological polar surface area (TPSA) is 32.3 Å². The van der Waals surface area contributed by atoms with E-state index in [1.165, 1.54) is 38.5 Å². The van der Waals surface area contributed by atoms with Gasteiger partial charge in [-0.3, -0.25) is 4.79 Å². The highest BCUT2D eigenvalue weighted by atomic mass is 16.2. The van der Waals surface area contributed by atoms with E-state index in [-0.39, 0.29) is 5.92 Å². The van der Waals surface area contributed by atoms with Crippen LogP contribution in [-0.2, 0) is 4.79 Å². The zero-order valence-corrected chi connectivity index (χ0v) is 12.2. The molecule has 1 amide bonds. The second kappa shape index (κ2) is 5.82. The van der Waals surface area contributed by atoms with Crippen LogP contribution in [-0.4, -0.2) is 36.0 Å². The van der Waals surface area contributed by atoms with Crippen LogP contribution in [0.5, 0.6) is 0 Å². The Balaban J connectivity index is 1.53. The van der Waals surface area contributed by atoms with Crippen LogP contribution in [0.1, 0.15) is 58.3 Å². The van der Waals surface area contributed by atoms with Gasteiger partial charge in [-0.15, -0.1) is 0 Å². The van der Waals surface area contributed by atoms with E-state index in [9.17, 15) is 4.79 Å². The Morgan fingerprint density at radius 1 is 1.16 bits per heavy atom. The molecular formula is C16H28N2O. The van der Waals surface area contributed by atoms with Crippen LogP contribution in [0, 0.1) is 11.8 Å². The van der Waals surface area contributed by atoms with Crippen LogP contribution >= 0.6 is 0 Å². The predicted molar refractivity (Wildman–Crippen MR) is 76.9 cm³/mol. The zero-order valence-electron chi connectivity index (χ0n) is 12.2. The minimum atomic E-state index is 0.236. The molecule has 3 nitrogen and oxygen atoms in total. The molecule has 3 unspecified atom stereocenters. The molecule has 0 radical (unpaired) electrons. The number of fused-ring (bicyclic) bond motifs is 2. The summed E-state index contributed by atoms with van der Waals surface area (Å²) >= 11 is 0. The summed E-state index contributed by atoms with van der Waals surface area (Å²) in [6, 6.07) is 1.24. The zero-order chi connectivity index (χ0) is 13.2.